The fourth-order valence-corrected chi connectivity index (χ4v) is 1.51. The maximum Gasteiger partial charge on any atom is 0.326 e. The Balaban J connectivity index is 2.38. The Bertz CT molecular complexity index is 389. The highest BCUT2D eigenvalue weighted by molar-refractivity contribution is 6.04. The van der Waals surface area contributed by atoms with Crippen molar-refractivity contribution < 1.29 is 23.9 Å². The standard InChI is InChI=1S/C12H18N2O5/c1-8(2)13(3)11(17)7-19-12(18)6-14-9(15)4-5-10(14)16/h8H,4-7H2,1-3H3. The Kier molecular flexibility index (Phi) is 5.02. The molecule has 0 atom stereocenters. The van der Waals surface area contributed by atoms with Crippen molar-refractivity contribution in [2.45, 2.75) is 32.7 Å². The summed E-state index contributed by atoms with van der Waals surface area (Å²) in [5, 5.41) is 0. The van der Waals surface area contributed by atoms with Gasteiger partial charge < -0.3 is 9.64 Å². The van der Waals surface area contributed by atoms with Crippen molar-refractivity contribution >= 4 is 23.7 Å². The number of hydrogen-bond acceptors (Lipinski definition) is 5. The van der Waals surface area contributed by atoms with Gasteiger partial charge in [0.25, 0.3) is 5.91 Å². The molecule has 0 aromatic heterocycles. The largest absolute Gasteiger partial charge is 0.454 e. The van der Waals surface area contributed by atoms with Gasteiger partial charge in [-0.15, -0.1) is 0 Å². The van der Waals surface area contributed by atoms with Crippen molar-refractivity contribution in [3.8, 4) is 0 Å². The molecule has 0 saturated carbocycles. The molecule has 1 rings (SSSR count). The topological polar surface area (TPSA) is 84.0 Å². The third-order valence-electron chi connectivity index (χ3n) is 2.97. The van der Waals surface area contributed by atoms with Crippen LogP contribution in [0.3, 0.4) is 0 Å². The molecule has 7 nitrogen and oxygen atoms in total. The Hall–Kier alpha value is -1.92. The van der Waals surface area contributed by atoms with E-state index in [9.17, 15) is 19.2 Å². The second-order valence-corrected chi connectivity index (χ2v) is 4.63. The van der Waals surface area contributed by atoms with E-state index >= 15 is 0 Å². The molecule has 0 radical (unpaired) electrons. The third-order valence-corrected chi connectivity index (χ3v) is 2.97. The van der Waals surface area contributed by atoms with Gasteiger partial charge in [0.1, 0.15) is 6.54 Å². The first-order valence-corrected chi connectivity index (χ1v) is 6.07. The zero-order chi connectivity index (χ0) is 14.6. The Morgan fingerprint density at radius 3 is 2.26 bits per heavy atom. The van der Waals surface area contributed by atoms with Gasteiger partial charge in [-0.2, -0.15) is 0 Å². The van der Waals surface area contributed by atoms with Crippen molar-refractivity contribution in [1.29, 1.82) is 0 Å². The van der Waals surface area contributed by atoms with Gasteiger partial charge in [-0.1, -0.05) is 0 Å². The van der Waals surface area contributed by atoms with Gasteiger partial charge in [0.15, 0.2) is 6.61 Å². The van der Waals surface area contributed by atoms with Gasteiger partial charge in [-0.25, -0.2) is 0 Å². The first-order valence-electron chi connectivity index (χ1n) is 6.07. The number of amides is 3. The van der Waals surface area contributed by atoms with Crippen LogP contribution in [0.25, 0.3) is 0 Å². The number of likely N-dealkylation sites (tertiary alicyclic amines) is 1. The van der Waals surface area contributed by atoms with Gasteiger partial charge in [-0.05, 0) is 13.8 Å². The Morgan fingerprint density at radius 1 is 1.26 bits per heavy atom. The lowest BCUT2D eigenvalue weighted by atomic mass is 10.3. The Labute approximate surface area is 111 Å². The van der Waals surface area contributed by atoms with Crippen molar-refractivity contribution in [2.75, 3.05) is 20.2 Å². The predicted molar refractivity (Wildman–Crippen MR) is 64.8 cm³/mol. The number of nitrogens with zero attached hydrogens (tertiary/aromatic N) is 2. The van der Waals surface area contributed by atoms with Crippen LogP contribution >= 0.6 is 0 Å². The van der Waals surface area contributed by atoms with E-state index in [0.717, 1.165) is 4.90 Å². The molecule has 3 amide bonds. The highest BCUT2D eigenvalue weighted by Crippen LogP contribution is 2.11. The molecule has 1 heterocycles. The van der Waals surface area contributed by atoms with Gasteiger partial charge >= 0.3 is 5.97 Å². The van der Waals surface area contributed by atoms with E-state index in [4.69, 9.17) is 4.74 Å². The number of likely N-dealkylation sites (N-methyl/N-ethyl adjacent to an activating group) is 1. The molecule has 1 fully saturated rings. The minimum Gasteiger partial charge on any atom is -0.454 e. The summed E-state index contributed by atoms with van der Waals surface area (Å²) in [5.74, 6) is -1.85. The zero-order valence-corrected chi connectivity index (χ0v) is 11.3. The van der Waals surface area contributed by atoms with Gasteiger partial charge in [0.05, 0.1) is 0 Å². The van der Waals surface area contributed by atoms with Crippen molar-refractivity contribution in [2.24, 2.45) is 0 Å². The summed E-state index contributed by atoms with van der Waals surface area (Å²) in [6.07, 6.45) is 0.252. The molecule has 0 aliphatic carbocycles. The summed E-state index contributed by atoms with van der Waals surface area (Å²) in [4.78, 5) is 47.9. The molecule has 106 valence electrons. The van der Waals surface area contributed by atoms with Crippen LogP contribution in [-0.2, 0) is 23.9 Å². The molecule has 0 bridgehead atoms. The Morgan fingerprint density at radius 2 is 1.79 bits per heavy atom. The molecule has 19 heavy (non-hydrogen) atoms. The van der Waals surface area contributed by atoms with Gasteiger partial charge in [0.2, 0.25) is 11.8 Å². The van der Waals surface area contributed by atoms with Crippen molar-refractivity contribution in [1.82, 2.24) is 9.80 Å². The second kappa shape index (κ2) is 6.31. The molecule has 0 spiro atoms. The van der Waals surface area contributed by atoms with Crippen LogP contribution in [0.4, 0.5) is 0 Å². The van der Waals surface area contributed by atoms with Crippen LogP contribution in [0.15, 0.2) is 0 Å². The first-order chi connectivity index (χ1) is 8.82. The molecule has 0 aromatic carbocycles. The van der Waals surface area contributed by atoms with Crippen LogP contribution in [0.1, 0.15) is 26.7 Å². The third kappa shape index (κ3) is 4.04. The number of esters is 1. The second-order valence-electron chi connectivity index (χ2n) is 4.63. The minimum atomic E-state index is -0.755. The molecule has 1 aliphatic heterocycles. The monoisotopic (exact) mass is 270 g/mol. The lowest BCUT2D eigenvalue weighted by molar-refractivity contribution is -0.156. The average Bonchev–Trinajstić information content (AvgIpc) is 2.66. The van der Waals surface area contributed by atoms with E-state index in [1.165, 1.54) is 4.90 Å². The van der Waals surface area contributed by atoms with E-state index in [0.29, 0.717) is 0 Å². The maximum atomic E-state index is 11.6. The number of carbonyl (C=O) groups is 4. The van der Waals surface area contributed by atoms with E-state index < -0.39 is 12.5 Å². The van der Waals surface area contributed by atoms with Crippen LogP contribution in [0.2, 0.25) is 0 Å². The predicted octanol–water partition coefficient (Wildman–Crippen LogP) is -0.455. The number of hydrogen-bond donors (Lipinski definition) is 0. The van der Waals surface area contributed by atoms with E-state index in [1.807, 2.05) is 13.8 Å². The normalized spacial score (nSPS) is 15.1. The van der Waals surface area contributed by atoms with Crippen molar-refractivity contribution in [3.05, 3.63) is 0 Å². The summed E-state index contributed by atoms with van der Waals surface area (Å²) in [5.41, 5.74) is 0. The van der Waals surface area contributed by atoms with Crippen LogP contribution in [-0.4, -0.2) is 59.7 Å². The van der Waals surface area contributed by atoms with Crippen molar-refractivity contribution in [3.63, 3.8) is 0 Å². The maximum absolute atomic E-state index is 11.6. The lowest BCUT2D eigenvalue weighted by Gasteiger charge is -2.21. The summed E-state index contributed by atoms with van der Waals surface area (Å²) in [6.45, 7) is 2.86. The van der Waals surface area contributed by atoms with E-state index in [2.05, 4.69) is 0 Å². The summed E-state index contributed by atoms with van der Waals surface area (Å²) in [6, 6.07) is 0.00735. The molecular weight excluding hydrogens is 252 g/mol. The first kappa shape index (κ1) is 15.1. The van der Waals surface area contributed by atoms with Crippen LogP contribution in [0.5, 0.6) is 0 Å². The molecule has 1 saturated heterocycles. The fraction of sp³-hybridized carbons (Fsp3) is 0.667. The number of rotatable bonds is 5. The van der Waals surface area contributed by atoms with E-state index in [1.54, 1.807) is 7.05 Å². The molecule has 1 aliphatic rings. The summed E-state index contributed by atoms with van der Waals surface area (Å²) in [7, 11) is 1.61. The van der Waals surface area contributed by atoms with Crippen LogP contribution < -0.4 is 0 Å². The average molecular weight is 270 g/mol. The minimum absolute atomic E-state index is 0.00735. The van der Waals surface area contributed by atoms with Gasteiger partial charge in [0, 0.05) is 25.9 Å². The smallest absolute Gasteiger partial charge is 0.326 e. The quantitative estimate of drug-likeness (QED) is 0.499. The number of carbonyl (C=O) groups excluding carboxylic acids is 4. The highest BCUT2D eigenvalue weighted by Gasteiger charge is 2.31. The summed E-state index contributed by atoms with van der Waals surface area (Å²) >= 11 is 0. The van der Waals surface area contributed by atoms with Crippen LogP contribution in [0, 0.1) is 0 Å². The lowest BCUT2D eigenvalue weighted by Crippen LogP contribution is -2.39. The molecular formula is C12H18N2O5. The molecule has 0 aromatic rings. The molecule has 0 unspecified atom stereocenters. The van der Waals surface area contributed by atoms with Gasteiger partial charge in [-0.3, -0.25) is 24.1 Å². The SMILES string of the molecule is CC(C)N(C)C(=O)COC(=O)CN1C(=O)CCC1=O. The zero-order valence-electron chi connectivity index (χ0n) is 11.3. The molecule has 0 N–H and O–H groups in total. The summed E-state index contributed by atoms with van der Waals surface area (Å²) < 4.78 is 4.76. The highest BCUT2D eigenvalue weighted by atomic mass is 16.5. The molecule has 7 heteroatoms. The number of ether oxygens (including phenoxy) is 1. The fourth-order valence-electron chi connectivity index (χ4n) is 1.51. The van der Waals surface area contributed by atoms with E-state index in [-0.39, 0.29) is 43.2 Å². The number of imide groups is 1.